The Kier molecular flexibility index (Phi) is 5.34. The minimum absolute atomic E-state index is 0.0243. The smallest absolute Gasteiger partial charge is 0.499 e. The molecule has 2 heterocycles. The number of carbonyl (C=O) groups is 2. The molecule has 0 aliphatic heterocycles. The molecule has 10 nitrogen and oxygen atoms in total. The van der Waals surface area contributed by atoms with Crippen LogP contribution in [0.15, 0.2) is 46.6 Å². The molecule has 0 bridgehead atoms. The van der Waals surface area contributed by atoms with Gasteiger partial charge in [0.05, 0.1) is 10.6 Å². The van der Waals surface area contributed by atoms with Gasteiger partial charge in [-0.2, -0.15) is 4.98 Å². The standard InChI is InChI=1S/C20H18N4O6S/c1-24-16(23-17(30-20(28)29)14(25)18(24)26)15-12(7-8-31-15)21-19(27)22-13-9-11(13)10-5-3-2-4-6-10/h2-8,11,13,25H,9H2,1H3,(H,28,29)(H2,21,22,27). The van der Waals surface area contributed by atoms with Crippen LogP contribution in [0.3, 0.4) is 0 Å². The normalized spacial score (nSPS) is 17.1. The molecule has 31 heavy (non-hydrogen) atoms. The molecule has 1 saturated carbocycles. The summed E-state index contributed by atoms with van der Waals surface area (Å²) in [6.07, 6.45) is -0.874. The molecule has 160 valence electrons. The Morgan fingerprint density at radius 1 is 1.26 bits per heavy atom. The highest BCUT2D eigenvalue weighted by atomic mass is 32.1. The van der Waals surface area contributed by atoms with E-state index in [1.54, 1.807) is 11.4 Å². The number of nitrogens with one attached hydrogen (secondary N) is 2. The van der Waals surface area contributed by atoms with Crippen LogP contribution in [0.1, 0.15) is 17.9 Å². The Hall–Kier alpha value is -3.86. The quantitative estimate of drug-likeness (QED) is 0.445. The van der Waals surface area contributed by atoms with E-state index in [0.717, 1.165) is 11.0 Å². The van der Waals surface area contributed by atoms with E-state index < -0.39 is 29.4 Å². The minimum Gasteiger partial charge on any atom is -0.499 e. The highest BCUT2D eigenvalue weighted by Crippen LogP contribution is 2.41. The van der Waals surface area contributed by atoms with Crippen LogP contribution in [-0.2, 0) is 7.05 Å². The molecule has 1 aromatic carbocycles. The number of hydrogen-bond donors (Lipinski definition) is 4. The number of hydrogen-bond acceptors (Lipinski definition) is 7. The van der Waals surface area contributed by atoms with E-state index in [1.807, 2.05) is 30.3 Å². The van der Waals surface area contributed by atoms with Gasteiger partial charge in [0, 0.05) is 19.0 Å². The summed E-state index contributed by atoms with van der Waals surface area (Å²) in [7, 11) is 1.37. The second-order valence-electron chi connectivity index (χ2n) is 6.94. The molecule has 0 radical (unpaired) electrons. The van der Waals surface area contributed by atoms with E-state index in [-0.39, 0.29) is 17.8 Å². The second kappa shape index (κ2) is 8.11. The number of thiophene rings is 1. The van der Waals surface area contributed by atoms with E-state index >= 15 is 0 Å². The van der Waals surface area contributed by atoms with Gasteiger partial charge in [-0.3, -0.25) is 9.36 Å². The third-order valence-electron chi connectivity index (χ3n) is 4.87. The van der Waals surface area contributed by atoms with Gasteiger partial charge < -0.3 is 25.6 Å². The summed E-state index contributed by atoms with van der Waals surface area (Å²) in [6, 6.07) is 11.2. The first-order chi connectivity index (χ1) is 14.8. The molecule has 1 fully saturated rings. The molecule has 11 heteroatoms. The Balaban J connectivity index is 1.52. The lowest BCUT2D eigenvalue weighted by atomic mass is 10.1. The van der Waals surface area contributed by atoms with Crippen molar-refractivity contribution < 1.29 is 24.5 Å². The van der Waals surface area contributed by atoms with Crippen LogP contribution in [0.25, 0.3) is 10.7 Å². The van der Waals surface area contributed by atoms with Crippen molar-refractivity contribution in [1.82, 2.24) is 14.9 Å². The summed E-state index contributed by atoms with van der Waals surface area (Å²) >= 11 is 1.18. The lowest BCUT2D eigenvalue weighted by Gasteiger charge is -2.12. The Labute approximate surface area is 179 Å². The van der Waals surface area contributed by atoms with Gasteiger partial charge >= 0.3 is 12.2 Å². The summed E-state index contributed by atoms with van der Waals surface area (Å²) in [5.74, 6) is -1.33. The van der Waals surface area contributed by atoms with E-state index in [1.165, 1.54) is 23.9 Å². The van der Waals surface area contributed by atoms with Crippen molar-refractivity contribution in [3.8, 4) is 22.3 Å². The van der Waals surface area contributed by atoms with Crippen molar-refractivity contribution in [3.63, 3.8) is 0 Å². The fraction of sp³-hybridized carbons (Fsp3) is 0.200. The van der Waals surface area contributed by atoms with Crippen LogP contribution < -0.4 is 20.9 Å². The molecule has 0 saturated heterocycles. The topological polar surface area (TPSA) is 143 Å². The van der Waals surface area contributed by atoms with Crippen LogP contribution in [0, 0.1) is 0 Å². The third-order valence-corrected chi connectivity index (χ3v) is 5.78. The molecule has 2 amide bonds. The van der Waals surface area contributed by atoms with Crippen molar-refractivity contribution in [2.45, 2.75) is 18.4 Å². The zero-order chi connectivity index (χ0) is 22.1. The molecule has 2 unspecified atom stereocenters. The summed E-state index contributed by atoms with van der Waals surface area (Å²) < 4.78 is 5.45. The summed E-state index contributed by atoms with van der Waals surface area (Å²) in [5.41, 5.74) is 0.667. The van der Waals surface area contributed by atoms with Crippen LogP contribution in [0.2, 0.25) is 0 Å². The predicted octanol–water partition coefficient (Wildman–Crippen LogP) is 2.95. The number of rotatable bonds is 5. The number of aromatic nitrogens is 2. The zero-order valence-corrected chi connectivity index (χ0v) is 17.0. The first-order valence-corrected chi connectivity index (χ1v) is 10.1. The number of nitrogens with zero attached hydrogens (tertiary/aromatic N) is 2. The third kappa shape index (κ3) is 4.21. The number of carboxylic acid groups (broad SMARTS) is 1. The van der Waals surface area contributed by atoms with E-state index in [0.29, 0.717) is 10.6 Å². The van der Waals surface area contributed by atoms with Gasteiger partial charge in [-0.25, -0.2) is 9.59 Å². The molecular formula is C20H18N4O6S. The van der Waals surface area contributed by atoms with Crippen molar-refractivity contribution in [1.29, 1.82) is 0 Å². The monoisotopic (exact) mass is 442 g/mol. The molecule has 3 aromatic rings. The van der Waals surface area contributed by atoms with Crippen LogP contribution in [0.5, 0.6) is 11.6 Å². The largest absolute Gasteiger partial charge is 0.512 e. The number of aromatic hydroxyl groups is 1. The summed E-state index contributed by atoms with van der Waals surface area (Å²) in [5, 5.41) is 26.0. The van der Waals surface area contributed by atoms with Crippen molar-refractivity contribution in [3.05, 3.63) is 57.7 Å². The van der Waals surface area contributed by atoms with Gasteiger partial charge in [0.2, 0.25) is 5.75 Å². The number of benzene rings is 1. The van der Waals surface area contributed by atoms with Gasteiger partial charge in [0.1, 0.15) is 0 Å². The van der Waals surface area contributed by atoms with Gasteiger partial charge in [0.15, 0.2) is 5.82 Å². The van der Waals surface area contributed by atoms with Gasteiger partial charge in [-0.05, 0) is 23.4 Å². The molecule has 2 atom stereocenters. The molecule has 2 aromatic heterocycles. The van der Waals surface area contributed by atoms with Crippen LogP contribution in [0.4, 0.5) is 15.3 Å². The van der Waals surface area contributed by atoms with E-state index in [2.05, 4.69) is 20.4 Å². The second-order valence-corrected chi connectivity index (χ2v) is 7.86. The maximum atomic E-state index is 12.5. The average Bonchev–Trinajstić information content (AvgIpc) is 3.36. The molecular weight excluding hydrogens is 424 g/mol. The van der Waals surface area contributed by atoms with Crippen molar-refractivity contribution in [2.24, 2.45) is 7.05 Å². The van der Waals surface area contributed by atoms with E-state index in [4.69, 9.17) is 5.11 Å². The highest BCUT2D eigenvalue weighted by Gasteiger charge is 2.39. The first kappa shape index (κ1) is 20.4. The molecule has 1 aliphatic rings. The molecule has 1 aliphatic carbocycles. The fourth-order valence-corrected chi connectivity index (χ4v) is 4.13. The fourth-order valence-electron chi connectivity index (χ4n) is 3.26. The Bertz CT molecular complexity index is 1210. The first-order valence-electron chi connectivity index (χ1n) is 9.26. The number of anilines is 1. The Morgan fingerprint density at radius 3 is 2.71 bits per heavy atom. The number of urea groups is 1. The maximum Gasteiger partial charge on any atom is 0.512 e. The molecule has 4 rings (SSSR count). The summed E-state index contributed by atoms with van der Waals surface area (Å²) in [6.45, 7) is 0. The summed E-state index contributed by atoms with van der Waals surface area (Å²) in [4.78, 5) is 39.9. The lowest BCUT2D eigenvalue weighted by Crippen LogP contribution is -2.31. The number of ether oxygens (including phenoxy) is 1. The molecule has 4 N–H and O–H groups in total. The lowest BCUT2D eigenvalue weighted by molar-refractivity contribution is 0.140. The SMILES string of the molecule is Cn1c(-c2sccc2NC(=O)NC2CC2c2ccccc2)nc(OC(=O)O)c(O)c1=O. The maximum absolute atomic E-state index is 12.5. The van der Waals surface area contributed by atoms with Gasteiger partial charge in [-0.1, -0.05) is 30.3 Å². The molecule has 0 spiro atoms. The predicted molar refractivity (Wildman–Crippen MR) is 113 cm³/mol. The number of amides is 2. The van der Waals surface area contributed by atoms with Crippen molar-refractivity contribution in [2.75, 3.05) is 5.32 Å². The van der Waals surface area contributed by atoms with Gasteiger partial charge in [0.25, 0.3) is 11.4 Å². The zero-order valence-electron chi connectivity index (χ0n) is 16.2. The average molecular weight is 442 g/mol. The van der Waals surface area contributed by atoms with Gasteiger partial charge in [-0.15, -0.1) is 11.3 Å². The Morgan fingerprint density at radius 2 is 2.00 bits per heavy atom. The minimum atomic E-state index is -1.72. The highest BCUT2D eigenvalue weighted by molar-refractivity contribution is 7.14. The number of carbonyl (C=O) groups excluding carboxylic acids is 1. The van der Waals surface area contributed by atoms with E-state index in [9.17, 15) is 19.5 Å². The van der Waals surface area contributed by atoms with Crippen LogP contribution >= 0.6 is 11.3 Å². The van der Waals surface area contributed by atoms with Crippen molar-refractivity contribution >= 4 is 29.2 Å². The van der Waals surface area contributed by atoms with Crippen LogP contribution in [-0.4, -0.2) is 38.0 Å².